The Kier molecular flexibility index (Phi) is 5.04. The minimum Gasteiger partial charge on any atom is -0.480 e. The molecule has 1 heterocycles. The fourth-order valence-electron chi connectivity index (χ4n) is 1.35. The first-order chi connectivity index (χ1) is 7.27. The second-order valence-corrected chi connectivity index (χ2v) is 3.51. The van der Waals surface area contributed by atoms with Gasteiger partial charge in [0.15, 0.2) is 0 Å². The predicted octanol–water partition coefficient (Wildman–Crippen LogP) is 2.10. The van der Waals surface area contributed by atoms with Crippen LogP contribution < -0.4 is 4.74 Å². The molecule has 1 aromatic heterocycles. The Bertz CT molecular complexity index is 274. The minimum absolute atomic E-state index is 0.472. The van der Waals surface area contributed by atoms with E-state index in [2.05, 4.69) is 17.1 Å². The van der Waals surface area contributed by atoms with E-state index in [1.54, 1.807) is 19.2 Å². The topological polar surface area (TPSA) is 55.2 Å². The summed E-state index contributed by atoms with van der Waals surface area (Å²) in [6.07, 6.45) is 3.55. The van der Waals surface area contributed by atoms with Gasteiger partial charge in [-0.15, -0.1) is 10.2 Å². The number of unbranched alkanes of at least 4 members (excludes halogenated alkanes) is 2. The van der Waals surface area contributed by atoms with Crippen LogP contribution in [0.1, 0.15) is 44.4 Å². The van der Waals surface area contributed by atoms with Gasteiger partial charge in [-0.3, -0.25) is 0 Å². The SMILES string of the molecule is CCCCCC(O)c1ccc(OC)nn1. The maximum Gasteiger partial charge on any atom is 0.233 e. The van der Waals surface area contributed by atoms with E-state index < -0.39 is 6.10 Å². The molecule has 15 heavy (non-hydrogen) atoms. The average molecular weight is 210 g/mol. The van der Waals surface area contributed by atoms with Crippen LogP contribution >= 0.6 is 0 Å². The third kappa shape index (κ3) is 3.83. The number of methoxy groups -OCH3 is 1. The zero-order chi connectivity index (χ0) is 11.1. The van der Waals surface area contributed by atoms with Crippen molar-refractivity contribution in [3.8, 4) is 5.88 Å². The van der Waals surface area contributed by atoms with Crippen molar-refractivity contribution in [2.24, 2.45) is 0 Å². The van der Waals surface area contributed by atoms with E-state index >= 15 is 0 Å². The second-order valence-electron chi connectivity index (χ2n) is 3.51. The molecule has 0 bridgehead atoms. The Labute approximate surface area is 90.3 Å². The molecule has 1 aromatic rings. The molecule has 1 unspecified atom stereocenters. The molecule has 84 valence electrons. The van der Waals surface area contributed by atoms with Crippen molar-refractivity contribution in [1.82, 2.24) is 10.2 Å². The summed E-state index contributed by atoms with van der Waals surface area (Å²) in [7, 11) is 1.54. The fraction of sp³-hybridized carbons (Fsp3) is 0.636. The lowest BCUT2D eigenvalue weighted by Crippen LogP contribution is -2.02. The third-order valence-electron chi connectivity index (χ3n) is 2.29. The lowest BCUT2D eigenvalue weighted by molar-refractivity contribution is 0.157. The van der Waals surface area contributed by atoms with Crippen molar-refractivity contribution in [2.45, 2.75) is 38.7 Å². The number of aliphatic hydroxyl groups excluding tert-OH is 1. The first-order valence-corrected chi connectivity index (χ1v) is 5.33. The highest BCUT2D eigenvalue weighted by atomic mass is 16.5. The molecular weight excluding hydrogens is 192 g/mol. The van der Waals surface area contributed by atoms with Crippen molar-refractivity contribution in [3.63, 3.8) is 0 Å². The highest BCUT2D eigenvalue weighted by Gasteiger charge is 2.09. The largest absolute Gasteiger partial charge is 0.480 e. The molecule has 0 fully saturated rings. The van der Waals surface area contributed by atoms with Gasteiger partial charge in [0, 0.05) is 6.07 Å². The summed E-state index contributed by atoms with van der Waals surface area (Å²) < 4.78 is 4.89. The summed E-state index contributed by atoms with van der Waals surface area (Å²) in [6.45, 7) is 2.14. The number of hydrogen-bond donors (Lipinski definition) is 1. The zero-order valence-electron chi connectivity index (χ0n) is 9.31. The molecule has 1 atom stereocenters. The Hall–Kier alpha value is -1.16. The summed E-state index contributed by atoms with van der Waals surface area (Å²) >= 11 is 0. The maximum absolute atomic E-state index is 9.77. The molecule has 0 radical (unpaired) electrons. The molecule has 0 amide bonds. The van der Waals surface area contributed by atoms with Crippen molar-refractivity contribution >= 4 is 0 Å². The highest BCUT2D eigenvalue weighted by molar-refractivity contribution is 5.12. The van der Waals surface area contributed by atoms with Gasteiger partial charge in [-0.1, -0.05) is 26.2 Å². The van der Waals surface area contributed by atoms with Crippen molar-refractivity contribution in [1.29, 1.82) is 0 Å². The van der Waals surface area contributed by atoms with E-state index in [1.807, 2.05) is 0 Å². The van der Waals surface area contributed by atoms with Crippen molar-refractivity contribution in [3.05, 3.63) is 17.8 Å². The number of hydrogen-bond acceptors (Lipinski definition) is 4. The molecule has 0 aliphatic heterocycles. The molecule has 0 aromatic carbocycles. The normalized spacial score (nSPS) is 12.5. The Balaban J connectivity index is 2.46. The highest BCUT2D eigenvalue weighted by Crippen LogP contribution is 2.18. The van der Waals surface area contributed by atoms with Crippen LogP contribution in [-0.4, -0.2) is 22.4 Å². The summed E-state index contributed by atoms with van der Waals surface area (Å²) in [5.41, 5.74) is 0.618. The van der Waals surface area contributed by atoms with Gasteiger partial charge in [0.25, 0.3) is 0 Å². The van der Waals surface area contributed by atoms with Crippen LogP contribution in [0.4, 0.5) is 0 Å². The standard InChI is InChI=1S/C11H18N2O2/c1-3-4-5-6-10(14)9-7-8-11(15-2)13-12-9/h7-8,10,14H,3-6H2,1-2H3. The van der Waals surface area contributed by atoms with Gasteiger partial charge in [0.1, 0.15) is 0 Å². The lowest BCUT2D eigenvalue weighted by Gasteiger charge is -2.08. The molecule has 0 saturated heterocycles. The van der Waals surface area contributed by atoms with Crippen LogP contribution in [0.3, 0.4) is 0 Å². The lowest BCUT2D eigenvalue weighted by atomic mass is 10.1. The summed E-state index contributed by atoms with van der Waals surface area (Å²) in [4.78, 5) is 0. The molecular formula is C11H18N2O2. The molecule has 0 aliphatic carbocycles. The second kappa shape index (κ2) is 6.35. The summed E-state index contributed by atoms with van der Waals surface area (Å²) in [5.74, 6) is 0.472. The Morgan fingerprint density at radius 1 is 1.33 bits per heavy atom. The summed E-state index contributed by atoms with van der Waals surface area (Å²) in [6, 6.07) is 3.47. The van der Waals surface area contributed by atoms with Crippen LogP contribution in [0.25, 0.3) is 0 Å². The third-order valence-corrected chi connectivity index (χ3v) is 2.29. The average Bonchev–Trinajstić information content (AvgIpc) is 2.29. The number of nitrogens with zero attached hydrogens (tertiary/aromatic N) is 2. The first kappa shape index (κ1) is 11.9. The molecule has 0 saturated carbocycles. The molecule has 4 nitrogen and oxygen atoms in total. The number of ether oxygens (including phenoxy) is 1. The van der Waals surface area contributed by atoms with E-state index in [-0.39, 0.29) is 0 Å². The monoisotopic (exact) mass is 210 g/mol. The van der Waals surface area contributed by atoms with Gasteiger partial charge in [-0.05, 0) is 12.5 Å². The van der Waals surface area contributed by atoms with E-state index in [0.29, 0.717) is 11.6 Å². The Morgan fingerprint density at radius 2 is 2.13 bits per heavy atom. The van der Waals surface area contributed by atoms with E-state index in [4.69, 9.17) is 4.74 Å². The number of aliphatic hydroxyl groups is 1. The number of aromatic nitrogens is 2. The van der Waals surface area contributed by atoms with Gasteiger partial charge < -0.3 is 9.84 Å². The molecule has 1 N–H and O–H groups in total. The van der Waals surface area contributed by atoms with Crippen LogP contribution in [0.15, 0.2) is 12.1 Å². The molecule has 0 spiro atoms. The van der Waals surface area contributed by atoms with Gasteiger partial charge in [-0.25, -0.2) is 0 Å². The fourth-order valence-corrected chi connectivity index (χ4v) is 1.35. The Morgan fingerprint density at radius 3 is 2.67 bits per heavy atom. The number of rotatable bonds is 6. The summed E-state index contributed by atoms with van der Waals surface area (Å²) in [5, 5.41) is 17.5. The van der Waals surface area contributed by atoms with Crippen LogP contribution in [0.2, 0.25) is 0 Å². The van der Waals surface area contributed by atoms with Crippen LogP contribution in [0, 0.1) is 0 Å². The smallest absolute Gasteiger partial charge is 0.233 e. The van der Waals surface area contributed by atoms with E-state index in [0.717, 1.165) is 25.7 Å². The zero-order valence-corrected chi connectivity index (χ0v) is 9.31. The molecule has 0 aliphatic rings. The quantitative estimate of drug-likeness (QED) is 0.730. The van der Waals surface area contributed by atoms with Gasteiger partial charge in [-0.2, -0.15) is 0 Å². The van der Waals surface area contributed by atoms with E-state index in [1.165, 1.54) is 0 Å². The van der Waals surface area contributed by atoms with Crippen LogP contribution in [-0.2, 0) is 0 Å². The van der Waals surface area contributed by atoms with Crippen molar-refractivity contribution < 1.29 is 9.84 Å². The first-order valence-electron chi connectivity index (χ1n) is 5.33. The minimum atomic E-state index is -0.505. The van der Waals surface area contributed by atoms with Crippen LogP contribution in [0.5, 0.6) is 5.88 Å². The molecule has 1 rings (SSSR count). The van der Waals surface area contributed by atoms with E-state index in [9.17, 15) is 5.11 Å². The van der Waals surface area contributed by atoms with Gasteiger partial charge >= 0.3 is 0 Å². The van der Waals surface area contributed by atoms with Crippen molar-refractivity contribution in [2.75, 3.05) is 7.11 Å². The predicted molar refractivity (Wildman–Crippen MR) is 57.7 cm³/mol. The molecule has 4 heteroatoms. The maximum atomic E-state index is 9.77. The van der Waals surface area contributed by atoms with Gasteiger partial charge in [0.2, 0.25) is 5.88 Å². The van der Waals surface area contributed by atoms with Gasteiger partial charge in [0.05, 0.1) is 18.9 Å².